The van der Waals surface area contributed by atoms with E-state index in [1.54, 1.807) is 4.68 Å². The summed E-state index contributed by atoms with van der Waals surface area (Å²) in [6.07, 6.45) is 1.84. The number of furan rings is 1. The van der Waals surface area contributed by atoms with Gasteiger partial charge in [0.05, 0.1) is 12.7 Å². The molecular weight excluding hydrogens is 216 g/mol. The Morgan fingerprint density at radius 2 is 2.18 bits per heavy atom. The molecule has 86 valence electrons. The summed E-state index contributed by atoms with van der Waals surface area (Å²) in [4.78, 5) is 0. The van der Waals surface area contributed by atoms with Gasteiger partial charge in [-0.05, 0) is 12.1 Å². The summed E-state index contributed by atoms with van der Waals surface area (Å²) < 4.78 is 7.41. The molecule has 0 saturated heterocycles. The summed E-state index contributed by atoms with van der Waals surface area (Å²) in [7, 11) is 0. The summed E-state index contributed by atoms with van der Waals surface area (Å²) in [5.41, 5.74) is 7.05. The predicted octanol–water partition coefficient (Wildman–Crippen LogP) is 1.65. The molecule has 0 saturated carbocycles. The number of hydrogen-bond acceptors (Lipinski definition) is 4. The number of fused-ring (bicyclic) bond motifs is 1. The fourth-order valence-electron chi connectivity index (χ4n) is 1.76. The Labute approximate surface area is 97.8 Å². The summed E-state index contributed by atoms with van der Waals surface area (Å²) in [5.74, 6) is 0.731. The lowest BCUT2D eigenvalue weighted by Crippen LogP contribution is -2.10. The van der Waals surface area contributed by atoms with E-state index in [2.05, 4.69) is 10.3 Å². The fraction of sp³-hybridized carbons (Fsp3) is 0.167. The Bertz CT molecular complexity index is 608. The van der Waals surface area contributed by atoms with Gasteiger partial charge in [-0.1, -0.05) is 23.4 Å². The van der Waals surface area contributed by atoms with Crippen molar-refractivity contribution in [2.45, 2.75) is 6.54 Å². The van der Waals surface area contributed by atoms with E-state index in [1.807, 2.05) is 36.5 Å². The van der Waals surface area contributed by atoms with Crippen LogP contribution in [0.15, 0.2) is 40.9 Å². The third kappa shape index (κ3) is 1.81. The zero-order valence-electron chi connectivity index (χ0n) is 9.21. The largest absolute Gasteiger partial charge is 0.454 e. The highest BCUT2D eigenvalue weighted by Gasteiger charge is 2.09. The molecule has 0 atom stereocenters. The molecule has 0 unspecified atom stereocenters. The molecule has 5 nitrogen and oxygen atoms in total. The molecule has 2 N–H and O–H groups in total. The standard InChI is InChI=1S/C12H12N4O/c13-5-6-16-8-10(14-15-16)12-7-9-3-1-2-4-11(9)17-12/h1-4,7-8H,5-6,13H2. The summed E-state index contributed by atoms with van der Waals surface area (Å²) in [5, 5.41) is 9.11. The normalized spacial score (nSPS) is 11.1. The molecule has 2 heterocycles. The van der Waals surface area contributed by atoms with E-state index in [-0.39, 0.29) is 0 Å². The van der Waals surface area contributed by atoms with Gasteiger partial charge >= 0.3 is 0 Å². The monoisotopic (exact) mass is 228 g/mol. The summed E-state index contributed by atoms with van der Waals surface area (Å²) in [6, 6.07) is 9.83. The SMILES string of the molecule is NCCn1cc(-c2cc3ccccc3o2)nn1. The van der Waals surface area contributed by atoms with Crippen molar-refractivity contribution in [3.05, 3.63) is 36.5 Å². The first-order valence-corrected chi connectivity index (χ1v) is 5.46. The van der Waals surface area contributed by atoms with Crippen LogP contribution in [0.2, 0.25) is 0 Å². The van der Waals surface area contributed by atoms with Crippen LogP contribution in [-0.2, 0) is 6.54 Å². The van der Waals surface area contributed by atoms with Crippen molar-refractivity contribution in [1.82, 2.24) is 15.0 Å². The molecule has 0 aliphatic rings. The maximum absolute atomic E-state index is 5.70. The van der Waals surface area contributed by atoms with E-state index in [0.717, 1.165) is 22.4 Å². The van der Waals surface area contributed by atoms with Crippen molar-refractivity contribution in [3.63, 3.8) is 0 Å². The van der Waals surface area contributed by atoms with Crippen LogP contribution in [0.5, 0.6) is 0 Å². The topological polar surface area (TPSA) is 69.9 Å². The lowest BCUT2D eigenvalue weighted by molar-refractivity contribution is 0.598. The Kier molecular flexibility index (Phi) is 2.38. The van der Waals surface area contributed by atoms with E-state index in [1.165, 1.54) is 0 Å². The number of para-hydroxylation sites is 1. The molecule has 0 amide bonds. The number of rotatable bonds is 3. The molecule has 0 aliphatic heterocycles. The van der Waals surface area contributed by atoms with Crippen molar-refractivity contribution in [1.29, 1.82) is 0 Å². The van der Waals surface area contributed by atoms with Gasteiger partial charge in [0.2, 0.25) is 0 Å². The van der Waals surface area contributed by atoms with E-state index >= 15 is 0 Å². The minimum Gasteiger partial charge on any atom is -0.454 e. The zero-order valence-corrected chi connectivity index (χ0v) is 9.21. The average Bonchev–Trinajstić information content (AvgIpc) is 2.94. The van der Waals surface area contributed by atoms with Gasteiger partial charge in [-0.2, -0.15) is 0 Å². The summed E-state index contributed by atoms with van der Waals surface area (Å²) >= 11 is 0. The van der Waals surface area contributed by atoms with Crippen molar-refractivity contribution in [3.8, 4) is 11.5 Å². The van der Waals surface area contributed by atoms with Crippen LogP contribution in [-0.4, -0.2) is 21.5 Å². The molecule has 1 aromatic carbocycles. The first kappa shape index (κ1) is 10.0. The van der Waals surface area contributed by atoms with Crippen LogP contribution in [0.25, 0.3) is 22.4 Å². The minimum absolute atomic E-state index is 0.545. The van der Waals surface area contributed by atoms with Gasteiger partial charge < -0.3 is 10.2 Å². The van der Waals surface area contributed by atoms with Crippen molar-refractivity contribution >= 4 is 11.0 Å². The first-order chi connectivity index (χ1) is 8.36. The predicted molar refractivity (Wildman–Crippen MR) is 64.3 cm³/mol. The highest BCUT2D eigenvalue weighted by molar-refractivity contribution is 5.81. The average molecular weight is 228 g/mol. The number of hydrogen-bond donors (Lipinski definition) is 1. The molecule has 2 aromatic heterocycles. The zero-order chi connectivity index (χ0) is 11.7. The van der Waals surface area contributed by atoms with Gasteiger partial charge in [0, 0.05) is 11.9 Å². The second kappa shape index (κ2) is 4.03. The third-order valence-electron chi connectivity index (χ3n) is 2.57. The Hall–Kier alpha value is -2.14. The molecule has 3 rings (SSSR count). The van der Waals surface area contributed by atoms with Gasteiger partial charge in [-0.3, -0.25) is 4.68 Å². The molecule has 0 spiro atoms. The second-order valence-electron chi connectivity index (χ2n) is 3.80. The molecule has 0 radical (unpaired) electrons. The third-order valence-corrected chi connectivity index (χ3v) is 2.57. The molecule has 3 aromatic rings. The van der Waals surface area contributed by atoms with Crippen LogP contribution >= 0.6 is 0 Å². The van der Waals surface area contributed by atoms with Crippen LogP contribution in [0.3, 0.4) is 0 Å². The van der Waals surface area contributed by atoms with E-state index in [9.17, 15) is 0 Å². The Morgan fingerprint density at radius 1 is 1.29 bits per heavy atom. The second-order valence-corrected chi connectivity index (χ2v) is 3.80. The van der Waals surface area contributed by atoms with Crippen molar-refractivity contribution in [2.24, 2.45) is 5.73 Å². The molecule has 17 heavy (non-hydrogen) atoms. The first-order valence-electron chi connectivity index (χ1n) is 5.46. The maximum Gasteiger partial charge on any atom is 0.157 e. The molecule has 5 heteroatoms. The number of nitrogens with two attached hydrogens (primary N) is 1. The van der Waals surface area contributed by atoms with Crippen molar-refractivity contribution in [2.75, 3.05) is 6.54 Å². The van der Waals surface area contributed by atoms with Crippen LogP contribution in [0, 0.1) is 0 Å². The fourth-order valence-corrected chi connectivity index (χ4v) is 1.76. The van der Waals surface area contributed by atoms with E-state index < -0.39 is 0 Å². The number of benzene rings is 1. The van der Waals surface area contributed by atoms with Gasteiger partial charge in [0.15, 0.2) is 5.76 Å². The van der Waals surface area contributed by atoms with Crippen LogP contribution < -0.4 is 5.73 Å². The van der Waals surface area contributed by atoms with Crippen LogP contribution in [0.1, 0.15) is 0 Å². The van der Waals surface area contributed by atoms with Gasteiger partial charge in [-0.25, -0.2) is 0 Å². The Morgan fingerprint density at radius 3 is 3.00 bits per heavy atom. The minimum atomic E-state index is 0.545. The quantitative estimate of drug-likeness (QED) is 0.740. The molecular formula is C12H12N4O. The number of aromatic nitrogens is 3. The molecule has 0 bridgehead atoms. The molecule has 0 aliphatic carbocycles. The smallest absolute Gasteiger partial charge is 0.157 e. The van der Waals surface area contributed by atoms with Gasteiger partial charge in [0.1, 0.15) is 11.3 Å². The van der Waals surface area contributed by atoms with Crippen LogP contribution in [0.4, 0.5) is 0 Å². The lowest BCUT2D eigenvalue weighted by atomic mass is 10.2. The summed E-state index contributed by atoms with van der Waals surface area (Å²) in [6.45, 7) is 1.20. The van der Waals surface area contributed by atoms with Crippen molar-refractivity contribution < 1.29 is 4.42 Å². The Balaban J connectivity index is 2.01. The highest BCUT2D eigenvalue weighted by atomic mass is 16.3. The van der Waals surface area contributed by atoms with Gasteiger partial charge in [0.25, 0.3) is 0 Å². The van der Waals surface area contributed by atoms with Gasteiger partial charge in [-0.15, -0.1) is 5.10 Å². The van der Waals surface area contributed by atoms with E-state index in [0.29, 0.717) is 13.1 Å². The van der Waals surface area contributed by atoms with E-state index in [4.69, 9.17) is 10.2 Å². The lowest BCUT2D eigenvalue weighted by Gasteiger charge is -1.92. The highest BCUT2D eigenvalue weighted by Crippen LogP contribution is 2.25. The maximum atomic E-state index is 5.70. The molecule has 0 fully saturated rings. The number of nitrogens with zero attached hydrogens (tertiary/aromatic N) is 3.